The van der Waals surface area contributed by atoms with E-state index in [1.807, 2.05) is 47.2 Å². The van der Waals surface area contributed by atoms with Gasteiger partial charge in [0.1, 0.15) is 11.6 Å². The molecule has 2 amide bonds. The highest BCUT2D eigenvalue weighted by Gasteiger charge is 2.33. The fraction of sp³-hybridized carbons (Fsp3) is 0.148. The summed E-state index contributed by atoms with van der Waals surface area (Å²) < 4.78 is 41.1. The largest absolute Gasteiger partial charge is 0.493 e. The summed E-state index contributed by atoms with van der Waals surface area (Å²) in [5.41, 5.74) is 3.33. The Bertz CT molecular complexity index is 1380. The molecule has 1 N–H and O–H groups in total. The van der Waals surface area contributed by atoms with Crippen LogP contribution in [0.4, 0.5) is 19.3 Å². The molecule has 0 radical (unpaired) electrons. The van der Waals surface area contributed by atoms with Gasteiger partial charge in [0.2, 0.25) is 0 Å². The molecule has 0 spiro atoms. The number of urea groups is 1. The molecular weight excluding hydrogens is 452 g/mol. The van der Waals surface area contributed by atoms with Crippen molar-refractivity contribution in [3.05, 3.63) is 107 Å². The van der Waals surface area contributed by atoms with Gasteiger partial charge in [-0.2, -0.15) is 0 Å². The standard InChI is InChI=1S/C27H23F2N3O3/c1-34-24-10-9-21(15-25(24)35-2)30-27(33)32-16-17-6-3-4-7-22(17)31-11-5-8-23(31)26(32)18-12-19(28)14-20(29)13-18/h3-15,26H,16H2,1-2H3,(H,30,33). The number of anilines is 1. The zero-order valence-corrected chi connectivity index (χ0v) is 19.2. The molecule has 6 nitrogen and oxygen atoms in total. The number of carbonyl (C=O) groups is 1. The number of ether oxygens (including phenoxy) is 2. The van der Waals surface area contributed by atoms with Crippen LogP contribution >= 0.6 is 0 Å². The number of benzene rings is 3. The molecular formula is C27H23F2N3O3. The summed E-state index contributed by atoms with van der Waals surface area (Å²) in [4.78, 5) is 15.3. The van der Waals surface area contributed by atoms with Crippen LogP contribution in [0.2, 0.25) is 0 Å². The zero-order valence-electron chi connectivity index (χ0n) is 19.2. The third kappa shape index (κ3) is 4.19. The van der Waals surface area contributed by atoms with E-state index in [0.29, 0.717) is 28.4 Å². The minimum absolute atomic E-state index is 0.222. The van der Waals surface area contributed by atoms with Gasteiger partial charge in [-0.1, -0.05) is 18.2 Å². The molecule has 0 saturated heterocycles. The van der Waals surface area contributed by atoms with Crippen LogP contribution in [0, 0.1) is 11.6 Å². The molecule has 1 aromatic heterocycles. The first-order chi connectivity index (χ1) is 17.0. The van der Waals surface area contributed by atoms with E-state index in [2.05, 4.69) is 5.32 Å². The van der Waals surface area contributed by atoms with Crippen LogP contribution in [-0.2, 0) is 6.54 Å². The van der Waals surface area contributed by atoms with E-state index in [9.17, 15) is 13.6 Å². The van der Waals surface area contributed by atoms with Crippen LogP contribution in [0.25, 0.3) is 5.69 Å². The molecule has 0 bridgehead atoms. The predicted octanol–water partition coefficient (Wildman–Crippen LogP) is 5.91. The maximum absolute atomic E-state index is 14.3. The SMILES string of the molecule is COc1ccc(NC(=O)N2Cc3ccccc3-n3cccc3C2c2cc(F)cc(F)c2)cc1OC. The lowest BCUT2D eigenvalue weighted by atomic mass is 10.0. The van der Waals surface area contributed by atoms with Crippen LogP contribution in [0.3, 0.4) is 0 Å². The van der Waals surface area contributed by atoms with Crippen LogP contribution in [0.1, 0.15) is 22.9 Å². The van der Waals surface area contributed by atoms with Gasteiger partial charge < -0.3 is 24.3 Å². The smallest absolute Gasteiger partial charge is 0.322 e. The molecule has 0 aliphatic carbocycles. The number of amides is 2. The van der Waals surface area contributed by atoms with Crippen molar-refractivity contribution >= 4 is 11.7 Å². The van der Waals surface area contributed by atoms with Gasteiger partial charge in [-0.3, -0.25) is 0 Å². The number of nitrogens with zero attached hydrogens (tertiary/aromatic N) is 2. The summed E-state index contributed by atoms with van der Waals surface area (Å²) in [7, 11) is 3.04. The number of methoxy groups -OCH3 is 2. The lowest BCUT2D eigenvalue weighted by Gasteiger charge is -2.31. The topological polar surface area (TPSA) is 55.7 Å². The first-order valence-electron chi connectivity index (χ1n) is 11.0. The highest BCUT2D eigenvalue weighted by atomic mass is 19.1. The van der Waals surface area contributed by atoms with E-state index in [1.165, 1.54) is 26.4 Å². The first-order valence-corrected chi connectivity index (χ1v) is 11.0. The van der Waals surface area contributed by atoms with Crippen molar-refractivity contribution in [2.75, 3.05) is 19.5 Å². The summed E-state index contributed by atoms with van der Waals surface area (Å²) in [6, 6.07) is 18.6. The molecule has 35 heavy (non-hydrogen) atoms. The van der Waals surface area contributed by atoms with E-state index >= 15 is 0 Å². The Hall–Kier alpha value is -4.33. The first kappa shape index (κ1) is 22.5. The molecule has 0 fully saturated rings. The summed E-state index contributed by atoms with van der Waals surface area (Å²) in [5.74, 6) is -0.426. The van der Waals surface area contributed by atoms with Gasteiger partial charge >= 0.3 is 6.03 Å². The Kier molecular flexibility index (Phi) is 5.86. The third-order valence-electron chi connectivity index (χ3n) is 6.06. The van der Waals surface area contributed by atoms with Gasteiger partial charge in [-0.15, -0.1) is 0 Å². The maximum atomic E-state index is 14.3. The van der Waals surface area contributed by atoms with Crippen molar-refractivity contribution in [1.82, 2.24) is 9.47 Å². The zero-order chi connectivity index (χ0) is 24.5. The molecule has 5 rings (SSSR count). The Morgan fingerprint density at radius 1 is 0.914 bits per heavy atom. The second-order valence-electron chi connectivity index (χ2n) is 8.16. The van der Waals surface area contributed by atoms with E-state index in [1.54, 1.807) is 23.1 Å². The van der Waals surface area contributed by atoms with Crippen LogP contribution in [0.15, 0.2) is 79.0 Å². The highest BCUT2D eigenvalue weighted by molar-refractivity contribution is 5.90. The van der Waals surface area contributed by atoms with E-state index in [0.717, 1.165) is 17.3 Å². The van der Waals surface area contributed by atoms with Crippen molar-refractivity contribution in [1.29, 1.82) is 0 Å². The number of fused-ring (bicyclic) bond motifs is 3. The van der Waals surface area contributed by atoms with E-state index in [4.69, 9.17) is 9.47 Å². The predicted molar refractivity (Wildman–Crippen MR) is 128 cm³/mol. The maximum Gasteiger partial charge on any atom is 0.322 e. The lowest BCUT2D eigenvalue weighted by Crippen LogP contribution is -2.38. The third-order valence-corrected chi connectivity index (χ3v) is 6.06. The average Bonchev–Trinajstić information content (AvgIpc) is 3.27. The quantitative estimate of drug-likeness (QED) is 0.399. The van der Waals surface area contributed by atoms with Gasteiger partial charge in [-0.05, 0) is 53.6 Å². The van der Waals surface area contributed by atoms with Crippen LogP contribution in [-0.4, -0.2) is 29.7 Å². The molecule has 1 unspecified atom stereocenters. The number of aromatic nitrogens is 1. The molecule has 0 saturated carbocycles. The molecule has 8 heteroatoms. The lowest BCUT2D eigenvalue weighted by molar-refractivity contribution is 0.194. The summed E-state index contributed by atoms with van der Waals surface area (Å²) in [6.07, 6.45) is 1.88. The fourth-order valence-corrected chi connectivity index (χ4v) is 4.53. The van der Waals surface area contributed by atoms with Gasteiger partial charge in [-0.25, -0.2) is 13.6 Å². The molecule has 1 atom stereocenters. The number of rotatable bonds is 4. The van der Waals surface area contributed by atoms with Gasteiger partial charge in [0.15, 0.2) is 11.5 Å². The summed E-state index contributed by atoms with van der Waals surface area (Å²) in [5, 5.41) is 2.90. The summed E-state index contributed by atoms with van der Waals surface area (Å²) in [6.45, 7) is 0.222. The summed E-state index contributed by atoms with van der Waals surface area (Å²) >= 11 is 0. The van der Waals surface area contributed by atoms with Crippen molar-refractivity contribution in [3.8, 4) is 17.2 Å². The number of para-hydroxylation sites is 1. The number of hydrogen-bond acceptors (Lipinski definition) is 3. The molecule has 2 heterocycles. The number of carbonyl (C=O) groups excluding carboxylic acids is 1. The average molecular weight is 475 g/mol. The Morgan fingerprint density at radius 3 is 2.40 bits per heavy atom. The second kappa shape index (κ2) is 9.13. The minimum atomic E-state index is -0.747. The van der Waals surface area contributed by atoms with Gasteiger partial charge in [0.25, 0.3) is 0 Å². The van der Waals surface area contributed by atoms with Crippen molar-refractivity contribution < 1.29 is 23.0 Å². The molecule has 178 valence electrons. The second-order valence-corrected chi connectivity index (χ2v) is 8.16. The molecule has 3 aromatic carbocycles. The Morgan fingerprint density at radius 2 is 1.66 bits per heavy atom. The van der Waals surface area contributed by atoms with Crippen molar-refractivity contribution in [3.63, 3.8) is 0 Å². The van der Waals surface area contributed by atoms with E-state index in [-0.39, 0.29) is 6.54 Å². The Labute approximate surface area is 201 Å². The van der Waals surface area contributed by atoms with Crippen molar-refractivity contribution in [2.45, 2.75) is 12.6 Å². The number of hydrogen-bond donors (Lipinski definition) is 1. The normalized spacial score (nSPS) is 14.5. The molecule has 1 aliphatic heterocycles. The highest BCUT2D eigenvalue weighted by Crippen LogP contribution is 2.38. The van der Waals surface area contributed by atoms with E-state index < -0.39 is 23.7 Å². The number of halogens is 2. The van der Waals surface area contributed by atoms with Gasteiger partial charge in [0, 0.05) is 29.7 Å². The van der Waals surface area contributed by atoms with Crippen LogP contribution < -0.4 is 14.8 Å². The molecule has 1 aliphatic rings. The van der Waals surface area contributed by atoms with Gasteiger partial charge in [0.05, 0.1) is 32.5 Å². The molecule has 4 aromatic rings. The Balaban J connectivity index is 1.61. The van der Waals surface area contributed by atoms with Crippen molar-refractivity contribution in [2.24, 2.45) is 0 Å². The van der Waals surface area contributed by atoms with Crippen LogP contribution in [0.5, 0.6) is 11.5 Å². The monoisotopic (exact) mass is 475 g/mol. The minimum Gasteiger partial charge on any atom is -0.493 e. The number of nitrogens with one attached hydrogen (secondary N) is 1. The fourth-order valence-electron chi connectivity index (χ4n) is 4.53.